The molecule has 12 N–H and O–H groups in total. The molecule has 4 aromatic rings. The van der Waals surface area contributed by atoms with E-state index in [1.165, 1.54) is 18.9 Å². The van der Waals surface area contributed by atoms with Crippen LogP contribution in [0.5, 0.6) is 11.5 Å². The second kappa shape index (κ2) is 21.7. The lowest BCUT2D eigenvalue weighted by Gasteiger charge is -2.33. The number of aryl methyl sites for hydroxylation is 1. The highest BCUT2D eigenvalue weighted by molar-refractivity contribution is 5.99. The second-order valence-electron chi connectivity index (χ2n) is 15.0. The van der Waals surface area contributed by atoms with Crippen LogP contribution in [0.4, 0.5) is 4.79 Å². The van der Waals surface area contributed by atoms with Crippen LogP contribution in [0.3, 0.4) is 0 Å². The van der Waals surface area contributed by atoms with Gasteiger partial charge >= 0.3 is 6.03 Å². The third-order valence-electron chi connectivity index (χ3n) is 10.3. The van der Waals surface area contributed by atoms with E-state index in [0.29, 0.717) is 40.2 Å². The number of likely N-dealkylation sites (N-methyl/N-ethyl adjacent to an activating group) is 1. The number of fused-ring (bicyclic) bond motifs is 5. The Balaban J connectivity index is 1.56. The first kappa shape index (κ1) is 45.6. The summed E-state index contributed by atoms with van der Waals surface area (Å²) in [4.78, 5) is 69.5. The Kier molecular flexibility index (Phi) is 16.2. The first-order valence-electron chi connectivity index (χ1n) is 20.3. The maximum absolute atomic E-state index is 14.6. The molecule has 6 amide bonds. The quantitative estimate of drug-likeness (QED) is 0.0817. The van der Waals surface area contributed by atoms with Gasteiger partial charge in [-0.25, -0.2) is 4.79 Å². The van der Waals surface area contributed by atoms with Crippen molar-refractivity contribution in [2.75, 3.05) is 46.4 Å². The molecule has 0 unspecified atom stereocenters. The van der Waals surface area contributed by atoms with E-state index >= 15 is 0 Å². The smallest absolute Gasteiger partial charge is 0.312 e. The number of nitrogens with two attached hydrogens (primary N) is 4. The van der Waals surface area contributed by atoms with Crippen LogP contribution in [0.25, 0.3) is 22.3 Å². The zero-order valence-electron chi connectivity index (χ0n) is 34.9. The van der Waals surface area contributed by atoms with Crippen LogP contribution in [0.1, 0.15) is 52.9 Å². The molecular formula is C45H57N9O7. The molecule has 61 heavy (non-hydrogen) atoms. The monoisotopic (exact) mass is 835 g/mol. The average Bonchev–Trinajstić information content (AvgIpc) is 3.25. The molecule has 0 aromatic heterocycles. The second-order valence-corrected chi connectivity index (χ2v) is 15.0. The van der Waals surface area contributed by atoms with E-state index in [9.17, 15) is 24.0 Å². The lowest BCUT2D eigenvalue weighted by Crippen LogP contribution is -2.55. The van der Waals surface area contributed by atoms with E-state index in [4.69, 9.17) is 32.4 Å². The minimum Gasteiger partial charge on any atom is -0.492 e. The summed E-state index contributed by atoms with van der Waals surface area (Å²) in [6, 6.07) is 20.8. The van der Waals surface area contributed by atoms with Crippen molar-refractivity contribution in [3.8, 4) is 33.8 Å². The zero-order valence-corrected chi connectivity index (χ0v) is 34.9. The standard InChI is InChI=1S/C45H57N9O7/c1-27-6-9-30(10-7-27)31-11-13-32(14-12-31)42(56)53-37(5-4-18-46)44(58)54(3)40-33-15-17-39(61-22-20-48)36(25-33)35-24-29(8-16-38(35)60-21-19-47)23-34(26-50-45(49)59)52-41(55)28(2)51-43(40)57/h6-17,24-25,28,34,37,40H,4-5,18-23,26,46-48H2,1-3H3,(H,51,57)(H,52,55)(H,53,56)(H3,49,50,59)/t28-,34-,37-,40-/m0/s1. The van der Waals surface area contributed by atoms with Crippen molar-refractivity contribution in [2.45, 2.75) is 57.3 Å². The van der Waals surface area contributed by atoms with Gasteiger partial charge in [0.05, 0.1) is 6.04 Å². The van der Waals surface area contributed by atoms with Crippen LogP contribution in [0.2, 0.25) is 0 Å². The van der Waals surface area contributed by atoms with Gasteiger partial charge in [-0.1, -0.05) is 54.1 Å². The number of hydrogen-bond acceptors (Lipinski definition) is 10. The number of urea groups is 1. The number of rotatable bonds is 16. The molecule has 1 heterocycles. The Labute approximate surface area is 356 Å². The third kappa shape index (κ3) is 12.1. The molecule has 5 rings (SSSR count). The maximum Gasteiger partial charge on any atom is 0.312 e. The molecule has 0 saturated carbocycles. The Morgan fingerprint density at radius 1 is 0.803 bits per heavy atom. The van der Waals surface area contributed by atoms with Crippen molar-refractivity contribution < 1.29 is 33.4 Å². The van der Waals surface area contributed by atoms with E-state index in [-0.39, 0.29) is 52.2 Å². The summed E-state index contributed by atoms with van der Waals surface area (Å²) >= 11 is 0. The number of ether oxygens (including phenoxy) is 2. The lowest BCUT2D eigenvalue weighted by atomic mass is 9.93. The maximum atomic E-state index is 14.6. The van der Waals surface area contributed by atoms with Gasteiger partial charge in [-0.05, 0) is 98.3 Å². The Hall–Kier alpha value is -6.49. The van der Waals surface area contributed by atoms with E-state index in [1.807, 2.05) is 55.5 Å². The van der Waals surface area contributed by atoms with Crippen LogP contribution in [-0.2, 0) is 20.8 Å². The van der Waals surface area contributed by atoms with Crippen LogP contribution >= 0.6 is 0 Å². The van der Waals surface area contributed by atoms with Crippen molar-refractivity contribution in [1.29, 1.82) is 0 Å². The highest BCUT2D eigenvalue weighted by Crippen LogP contribution is 2.40. The summed E-state index contributed by atoms with van der Waals surface area (Å²) in [5.74, 6) is -1.36. The summed E-state index contributed by atoms with van der Waals surface area (Å²) in [5.41, 5.74) is 28.6. The van der Waals surface area contributed by atoms with Gasteiger partial charge in [0.1, 0.15) is 42.8 Å². The van der Waals surface area contributed by atoms with Gasteiger partial charge in [-0.2, -0.15) is 0 Å². The molecule has 324 valence electrons. The number of primary amides is 1. The van der Waals surface area contributed by atoms with Crippen molar-refractivity contribution >= 4 is 29.7 Å². The molecule has 4 atom stereocenters. The van der Waals surface area contributed by atoms with Crippen molar-refractivity contribution in [2.24, 2.45) is 22.9 Å². The predicted molar refractivity (Wildman–Crippen MR) is 233 cm³/mol. The number of nitrogens with zero attached hydrogens (tertiary/aromatic N) is 1. The van der Waals surface area contributed by atoms with E-state index < -0.39 is 53.8 Å². The van der Waals surface area contributed by atoms with Crippen LogP contribution < -0.4 is 53.7 Å². The van der Waals surface area contributed by atoms with Crippen LogP contribution in [-0.4, -0.2) is 99.1 Å². The number of amides is 6. The van der Waals surface area contributed by atoms with Gasteiger partial charge < -0.3 is 58.6 Å². The lowest BCUT2D eigenvalue weighted by molar-refractivity contribution is -0.141. The summed E-state index contributed by atoms with van der Waals surface area (Å²) in [7, 11) is 1.47. The Morgan fingerprint density at radius 3 is 2.02 bits per heavy atom. The first-order chi connectivity index (χ1) is 29.3. The normalized spacial score (nSPS) is 16.9. The zero-order chi connectivity index (χ0) is 44.1. The van der Waals surface area contributed by atoms with E-state index in [0.717, 1.165) is 22.3 Å². The number of benzene rings is 4. The summed E-state index contributed by atoms with van der Waals surface area (Å²) < 4.78 is 12.2. The van der Waals surface area contributed by atoms with Crippen LogP contribution in [0, 0.1) is 6.92 Å². The number of carbonyl (C=O) groups excluding carboxylic acids is 5. The van der Waals surface area contributed by atoms with Crippen LogP contribution in [0.15, 0.2) is 84.9 Å². The fraction of sp³-hybridized carbons (Fsp3) is 0.356. The summed E-state index contributed by atoms with van der Waals surface area (Å²) in [5, 5.41) is 11.1. The fourth-order valence-electron chi connectivity index (χ4n) is 7.10. The van der Waals surface area contributed by atoms with Gasteiger partial charge in [0.2, 0.25) is 17.7 Å². The predicted octanol–water partition coefficient (Wildman–Crippen LogP) is 2.25. The molecule has 1 aliphatic rings. The van der Waals surface area contributed by atoms with Crippen molar-refractivity contribution in [1.82, 2.24) is 26.2 Å². The number of nitrogens with one attached hydrogen (secondary N) is 4. The minimum atomic E-state index is -1.32. The highest BCUT2D eigenvalue weighted by atomic mass is 16.5. The number of hydrogen-bond donors (Lipinski definition) is 8. The largest absolute Gasteiger partial charge is 0.492 e. The SMILES string of the molecule is Cc1ccc(-c2ccc(C(=O)N[C@@H](CCCN)C(=O)N(C)[C@@H]3C(=O)N[C@@H](C)C(=O)N[C@H](CNC(N)=O)Cc4ccc(OCCN)c(c4)-c4cc3ccc4OCCN)cc2)cc1. The molecule has 16 heteroatoms. The van der Waals surface area contributed by atoms with Gasteiger partial charge in [-0.15, -0.1) is 0 Å². The Morgan fingerprint density at radius 2 is 1.41 bits per heavy atom. The molecule has 0 radical (unpaired) electrons. The molecule has 0 fully saturated rings. The third-order valence-corrected chi connectivity index (χ3v) is 10.3. The molecule has 0 aliphatic carbocycles. The fourth-order valence-corrected chi connectivity index (χ4v) is 7.10. The highest BCUT2D eigenvalue weighted by Gasteiger charge is 2.35. The Bertz CT molecular complexity index is 2160. The van der Waals surface area contributed by atoms with Crippen molar-refractivity contribution in [3.63, 3.8) is 0 Å². The van der Waals surface area contributed by atoms with Gasteiger partial charge in [0.25, 0.3) is 5.91 Å². The van der Waals surface area contributed by atoms with Crippen molar-refractivity contribution in [3.05, 3.63) is 107 Å². The van der Waals surface area contributed by atoms with E-state index in [2.05, 4.69) is 21.3 Å². The topological polar surface area (TPSA) is 259 Å². The first-order valence-corrected chi connectivity index (χ1v) is 20.3. The molecule has 4 bridgehead atoms. The average molecular weight is 836 g/mol. The minimum absolute atomic E-state index is 0.00446. The molecule has 0 saturated heterocycles. The molecule has 4 aromatic carbocycles. The molecular weight excluding hydrogens is 779 g/mol. The molecule has 0 spiro atoms. The summed E-state index contributed by atoms with van der Waals surface area (Å²) in [6.07, 6.45) is 0.852. The number of carbonyl (C=O) groups is 5. The van der Waals surface area contributed by atoms with Gasteiger partial charge in [0, 0.05) is 43.4 Å². The van der Waals surface area contributed by atoms with Gasteiger partial charge in [-0.3, -0.25) is 19.2 Å². The summed E-state index contributed by atoms with van der Waals surface area (Å²) in [6.45, 7) is 4.60. The molecule has 16 nitrogen and oxygen atoms in total. The van der Waals surface area contributed by atoms with E-state index in [1.54, 1.807) is 36.4 Å². The van der Waals surface area contributed by atoms with Gasteiger partial charge in [0.15, 0.2) is 0 Å². The molecule has 1 aliphatic heterocycles.